The van der Waals surface area contributed by atoms with Crippen LogP contribution in [0.15, 0.2) is 73.1 Å². The number of hydrazine groups is 1. The highest BCUT2D eigenvalue weighted by molar-refractivity contribution is 7.80. The Kier molecular flexibility index (Phi) is 6.97. The van der Waals surface area contributed by atoms with Gasteiger partial charge in [0, 0.05) is 23.6 Å². The molecule has 1 unspecified atom stereocenters. The molecule has 1 aromatic heterocycles. The summed E-state index contributed by atoms with van der Waals surface area (Å²) in [6.07, 6.45) is 2.60. The summed E-state index contributed by atoms with van der Waals surface area (Å²) in [5.41, 5.74) is 3.75. The number of pyridine rings is 1. The summed E-state index contributed by atoms with van der Waals surface area (Å²) < 4.78 is 18.3. The van der Waals surface area contributed by atoms with Crippen LogP contribution in [0, 0.1) is 5.82 Å². The van der Waals surface area contributed by atoms with Gasteiger partial charge < -0.3 is 10.1 Å². The van der Waals surface area contributed by atoms with Crippen LogP contribution in [0.1, 0.15) is 16.8 Å². The van der Waals surface area contributed by atoms with Crippen LogP contribution in [0.2, 0.25) is 0 Å². The van der Waals surface area contributed by atoms with Gasteiger partial charge in [-0.25, -0.2) is 9.40 Å². The first-order valence-electron chi connectivity index (χ1n) is 10.4. The minimum Gasteiger partial charge on any atom is -0.497 e. The molecule has 2 heterocycles. The van der Waals surface area contributed by atoms with E-state index in [2.05, 4.69) is 15.7 Å². The monoisotopic (exact) mass is 493 g/mol. The maximum atomic E-state index is 13.4. The van der Waals surface area contributed by atoms with Crippen molar-refractivity contribution < 1.29 is 23.5 Å². The summed E-state index contributed by atoms with van der Waals surface area (Å²) in [4.78, 5) is 44.1. The van der Waals surface area contributed by atoms with Gasteiger partial charge in [-0.3, -0.25) is 29.7 Å². The Bertz CT molecular complexity index is 1260. The Balaban J connectivity index is 1.59. The maximum Gasteiger partial charge on any atom is 0.269 e. The predicted octanol–water partition coefficient (Wildman–Crippen LogP) is 2.91. The zero-order valence-corrected chi connectivity index (χ0v) is 19.3. The molecule has 1 aliphatic rings. The van der Waals surface area contributed by atoms with E-state index >= 15 is 0 Å². The number of carbonyl (C=O) groups excluding carboxylic acids is 3. The zero-order chi connectivity index (χ0) is 24.9. The molecule has 1 aliphatic heterocycles. The number of thiocarbonyl (C=S) groups is 1. The molecule has 1 fully saturated rings. The standard InChI is InChI=1S/C24H20FN5O4S/c1-34-19-8-6-18(7-9-19)29-23(33)20(14-21(31)27-17-4-2-16(25)3-5-17)30(24(29)35)28-22(32)15-10-12-26-13-11-15/h2-13,20H,14H2,1H3,(H,27,31)(H,28,32). The van der Waals surface area contributed by atoms with E-state index in [9.17, 15) is 18.8 Å². The van der Waals surface area contributed by atoms with Gasteiger partial charge in [0.2, 0.25) is 11.0 Å². The second-order valence-electron chi connectivity index (χ2n) is 7.48. The molecular formula is C24H20FN5O4S. The van der Waals surface area contributed by atoms with Crippen LogP contribution in [0.3, 0.4) is 0 Å². The topological polar surface area (TPSA) is 104 Å². The number of anilines is 2. The molecule has 0 bridgehead atoms. The highest BCUT2D eigenvalue weighted by Gasteiger charge is 2.45. The normalized spacial score (nSPS) is 15.2. The van der Waals surface area contributed by atoms with Gasteiger partial charge in [-0.05, 0) is 72.9 Å². The van der Waals surface area contributed by atoms with E-state index in [-0.39, 0.29) is 11.5 Å². The van der Waals surface area contributed by atoms with Crippen molar-refractivity contribution in [1.29, 1.82) is 0 Å². The number of hydrogen-bond donors (Lipinski definition) is 2. The summed E-state index contributed by atoms with van der Waals surface area (Å²) in [7, 11) is 1.52. The van der Waals surface area contributed by atoms with Crippen molar-refractivity contribution in [3.8, 4) is 5.75 Å². The lowest BCUT2D eigenvalue weighted by atomic mass is 10.1. The second-order valence-corrected chi connectivity index (χ2v) is 7.84. The Hall–Kier alpha value is -4.38. The Morgan fingerprint density at radius 3 is 2.34 bits per heavy atom. The SMILES string of the molecule is COc1ccc(N2C(=O)C(CC(=O)Nc3ccc(F)cc3)N(NC(=O)c3ccncc3)C2=S)cc1. The van der Waals surface area contributed by atoms with Crippen molar-refractivity contribution in [2.45, 2.75) is 12.5 Å². The lowest BCUT2D eigenvalue weighted by molar-refractivity contribution is -0.124. The number of amides is 3. The van der Waals surface area contributed by atoms with Crippen molar-refractivity contribution in [3.05, 3.63) is 84.4 Å². The first-order chi connectivity index (χ1) is 16.9. The second kappa shape index (κ2) is 10.3. The van der Waals surface area contributed by atoms with E-state index in [1.165, 1.54) is 65.8 Å². The molecule has 3 amide bonds. The molecule has 4 rings (SSSR count). The van der Waals surface area contributed by atoms with Gasteiger partial charge in [0.05, 0.1) is 19.2 Å². The number of carbonyl (C=O) groups is 3. The van der Waals surface area contributed by atoms with Crippen LogP contribution in [0.5, 0.6) is 5.75 Å². The molecule has 178 valence electrons. The van der Waals surface area contributed by atoms with Crippen LogP contribution in [0.4, 0.5) is 15.8 Å². The van der Waals surface area contributed by atoms with Crippen molar-refractivity contribution in [2.24, 2.45) is 0 Å². The number of rotatable bonds is 7. The summed E-state index contributed by atoms with van der Waals surface area (Å²) in [5, 5.41) is 3.83. The number of benzene rings is 2. The van der Waals surface area contributed by atoms with Crippen LogP contribution in [0.25, 0.3) is 0 Å². The number of nitrogens with zero attached hydrogens (tertiary/aromatic N) is 3. The highest BCUT2D eigenvalue weighted by Crippen LogP contribution is 2.28. The quantitative estimate of drug-likeness (QED) is 0.488. The molecule has 0 spiro atoms. The van der Waals surface area contributed by atoms with E-state index in [0.29, 0.717) is 22.7 Å². The van der Waals surface area contributed by atoms with Crippen LogP contribution < -0.4 is 20.4 Å². The fourth-order valence-corrected chi connectivity index (χ4v) is 3.83. The average molecular weight is 494 g/mol. The van der Waals surface area contributed by atoms with Crippen molar-refractivity contribution in [1.82, 2.24) is 15.4 Å². The third-order valence-electron chi connectivity index (χ3n) is 5.22. The Labute approximate surface area is 205 Å². The third kappa shape index (κ3) is 5.25. The van der Waals surface area contributed by atoms with Crippen molar-refractivity contribution >= 4 is 46.4 Å². The minimum absolute atomic E-state index is 0.00200. The molecule has 9 nitrogen and oxygen atoms in total. The number of aromatic nitrogens is 1. The van der Waals surface area contributed by atoms with E-state index < -0.39 is 29.6 Å². The molecule has 1 saturated heterocycles. The van der Waals surface area contributed by atoms with Gasteiger partial charge in [-0.2, -0.15) is 0 Å². The molecule has 1 atom stereocenters. The molecule has 11 heteroatoms. The summed E-state index contributed by atoms with van der Waals surface area (Å²) in [5.74, 6) is -1.39. The first kappa shape index (κ1) is 23.8. The largest absolute Gasteiger partial charge is 0.497 e. The summed E-state index contributed by atoms with van der Waals surface area (Å²) in [6.45, 7) is 0. The van der Waals surface area contributed by atoms with Crippen molar-refractivity contribution in [2.75, 3.05) is 17.3 Å². The molecule has 3 aromatic rings. The van der Waals surface area contributed by atoms with Gasteiger partial charge >= 0.3 is 0 Å². The van der Waals surface area contributed by atoms with E-state index in [4.69, 9.17) is 17.0 Å². The number of hydrogen-bond acceptors (Lipinski definition) is 6. The summed E-state index contributed by atoms with van der Waals surface area (Å²) in [6, 6.07) is 13.7. The average Bonchev–Trinajstić information content (AvgIpc) is 3.09. The molecule has 0 saturated carbocycles. The molecule has 0 radical (unpaired) electrons. The highest BCUT2D eigenvalue weighted by atomic mass is 32.1. The van der Waals surface area contributed by atoms with Gasteiger partial charge in [0.1, 0.15) is 17.6 Å². The first-order valence-corrected chi connectivity index (χ1v) is 10.9. The Morgan fingerprint density at radius 1 is 1.06 bits per heavy atom. The van der Waals surface area contributed by atoms with E-state index in [1.807, 2.05) is 0 Å². The Morgan fingerprint density at radius 2 is 1.71 bits per heavy atom. The van der Waals surface area contributed by atoms with Gasteiger partial charge in [0.25, 0.3) is 11.8 Å². The maximum absolute atomic E-state index is 13.4. The van der Waals surface area contributed by atoms with Crippen LogP contribution in [-0.2, 0) is 9.59 Å². The van der Waals surface area contributed by atoms with Crippen LogP contribution in [-0.4, -0.2) is 46.0 Å². The van der Waals surface area contributed by atoms with Gasteiger partial charge in [-0.1, -0.05) is 0 Å². The van der Waals surface area contributed by atoms with Gasteiger partial charge in [0.15, 0.2) is 0 Å². The molecule has 35 heavy (non-hydrogen) atoms. The molecular weight excluding hydrogens is 473 g/mol. The molecule has 2 N–H and O–H groups in total. The third-order valence-corrected chi connectivity index (χ3v) is 5.60. The molecule has 0 aliphatic carbocycles. The number of nitrogens with one attached hydrogen (secondary N) is 2. The van der Waals surface area contributed by atoms with Gasteiger partial charge in [-0.15, -0.1) is 0 Å². The fraction of sp³-hybridized carbons (Fsp3) is 0.125. The fourth-order valence-electron chi connectivity index (χ4n) is 3.47. The lowest BCUT2D eigenvalue weighted by Gasteiger charge is -2.24. The number of methoxy groups -OCH3 is 1. The minimum atomic E-state index is -1.11. The number of halogens is 1. The van der Waals surface area contributed by atoms with E-state index in [1.54, 1.807) is 24.3 Å². The predicted molar refractivity (Wildman–Crippen MR) is 130 cm³/mol. The lowest BCUT2D eigenvalue weighted by Crippen LogP contribution is -2.49. The van der Waals surface area contributed by atoms with E-state index in [0.717, 1.165) is 0 Å². The van der Waals surface area contributed by atoms with Crippen LogP contribution >= 0.6 is 12.2 Å². The summed E-state index contributed by atoms with van der Waals surface area (Å²) >= 11 is 5.52. The van der Waals surface area contributed by atoms with Crippen molar-refractivity contribution in [3.63, 3.8) is 0 Å². The smallest absolute Gasteiger partial charge is 0.269 e. The number of ether oxygens (including phenoxy) is 1. The zero-order valence-electron chi connectivity index (χ0n) is 18.5. The molecule has 2 aromatic carbocycles.